The molecule has 1 rings (SSSR count). The van der Waals surface area contributed by atoms with Crippen molar-refractivity contribution in [1.82, 2.24) is 5.32 Å². The first-order chi connectivity index (χ1) is 9.07. The lowest BCUT2D eigenvalue weighted by Gasteiger charge is -2.28. The van der Waals surface area contributed by atoms with E-state index in [1.807, 2.05) is 0 Å². The van der Waals surface area contributed by atoms with E-state index in [4.69, 9.17) is 4.74 Å². The van der Waals surface area contributed by atoms with Gasteiger partial charge in [-0.25, -0.2) is 9.18 Å². The Morgan fingerprint density at radius 3 is 2.40 bits per heavy atom. The Kier molecular flexibility index (Phi) is 4.91. The second-order valence-corrected chi connectivity index (χ2v) is 6.43. The number of nitrogens with one attached hydrogen (secondary N) is 1. The summed E-state index contributed by atoms with van der Waals surface area (Å²) in [5, 5.41) is 2.45. The third kappa shape index (κ3) is 4.30. The topological polar surface area (TPSA) is 55.4 Å². The molecule has 1 aromatic rings. The van der Waals surface area contributed by atoms with Crippen LogP contribution in [0.3, 0.4) is 0 Å². The maximum Gasteiger partial charge on any atom is 0.408 e. The van der Waals surface area contributed by atoms with Crippen LogP contribution in [-0.4, -0.2) is 18.0 Å². The highest BCUT2D eigenvalue weighted by atomic mass is 79.9. The smallest absolute Gasteiger partial charge is 0.408 e. The maximum atomic E-state index is 13.5. The fourth-order valence-corrected chi connectivity index (χ4v) is 1.75. The molecule has 0 radical (unpaired) electrons. The Bertz CT molecular complexity index is 528. The average molecular weight is 346 g/mol. The van der Waals surface area contributed by atoms with Crippen molar-refractivity contribution in [2.75, 3.05) is 0 Å². The number of rotatable bonds is 3. The largest absolute Gasteiger partial charge is 0.444 e. The molecule has 20 heavy (non-hydrogen) atoms. The van der Waals surface area contributed by atoms with Crippen molar-refractivity contribution in [3.63, 3.8) is 0 Å². The van der Waals surface area contributed by atoms with Gasteiger partial charge in [-0.3, -0.25) is 0 Å². The molecule has 0 bridgehead atoms. The molecule has 1 unspecified atom stereocenters. The normalized spacial score (nSPS) is 14.3. The van der Waals surface area contributed by atoms with Gasteiger partial charge < -0.3 is 14.8 Å². The number of amides is 1. The van der Waals surface area contributed by atoms with Crippen LogP contribution in [0.1, 0.15) is 33.3 Å². The lowest BCUT2D eigenvalue weighted by Crippen LogP contribution is -2.47. The highest BCUT2D eigenvalue weighted by Crippen LogP contribution is 2.24. The zero-order chi connectivity index (χ0) is 15.6. The number of aldehydes is 1. The lowest BCUT2D eigenvalue weighted by molar-refractivity contribution is -0.113. The first-order valence-corrected chi connectivity index (χ1v) is 6.80. The first kappa shape index (κ1) is 16.6. The van der Waals surface area contributed by atoms with Crippen LogP contribution in [0.25, 0.3) is 0 Å². The van der Waals surface area contributed by atoms with Gasteiger partial charge in [-0.15, -0.1) is 0 Å². The van der Waals surface area contributed by atoms with Crippen LogP contribution >= 0.6 is 15.9 Å². The summed E-state index contributed by atoms with van der Waals surface area (Å²) in [4.78, 5) is 23.1. The van der Waals surface area contributed by atoms with Crippen LogP contribution in [0.5, 0.6) is 0 Å². The van der Waals surface area contributed by atoms with Gasteiger partial charge in [0, 0.05) is 0 Å². The molecule has 0 aromatic heterocycles. The number of carbonyl (C=O) groups is 2. The van der Waals surface area contributed by atoms with Gasteiger partial charge in [-0.1, -0.05) is 6.07 Å². The van der Waals surface area contributed by atoms with E-state index in [9.17, 15) is 14.0 Å². The van der Waals surface area contributed by atoms with Gasteiger partial charge in [0.15, 0.2) is 0 Å². The van der Waals surface area contributed by atoms with E-state index in [-0.39, 0.29) is 4.47 Å². The molecule has 0 saturated carbocycles. The molecule has 0 fully saturated rings. The predicted octanol–water partition coefficient (Wildman–Crippen LogP) is 3.53. The Balaban J connectivity index is 2.99. The minimum Gasteiger partial charge on any atom is -0.444 e. The summed E-state index contributed by atoms with van der Waals surface area (Å²) in [5.41, 5.74) is -1.71. The Labute approximate surface area is 125 Å². The van der Waals surface area contributed by atoms with Crippen molar-refractivity contribution >= 4 is 28.3 Å². The predicted molar refractivity (Wildman–Crippen MR) is 76.9 cm³/mol. The Hall–Kier alpha value is -1.43. The molecule has 0 aliphatic rings. The Morgan fingerprint density at radius 2 is 1.95 bits per heavy atom. The lowest BCUT2D eigenvalue weighted by atomic mass is 9.94. The number of hydrogen-bond donors (Lipinski definition) is 1. The maximum absolute atomic E-state index is 13.5. The molecule has 1 amide bonds. The van der Waals surface area contributed by atoms with Crippen LogP contribution in [-0.2, 0) is 15.1 Å². The van der Waals surface area contributed by atoms with Crippen molar-refractivity contribution in [3.8, 4) is 0 Å². The average Bonchev–Trinajstić information content (AvgIpc) is 2.29. The van der Waals surface area contributed by atoms with Crippen molar-refractivity contribution in [1.29, 1.82) is 0 Å². The summed E-state index contributed by atoms with van der Waals surface area (Å²) < 4.78 is 18.9. The molecule has 1 aromatic carbocycles. The molecule has 4 nitrogen and oxygen atoms in total. The summed E-state index contributed by atoms with van der Waals surface area (Å²) in [6, 6.07) is 4.22. The van der Waals surface area contributed by atoms with Gasteiger partial charge in [0.2, 0.25) is 0 Å². The molecule has 0 aliphatic heterocycles. The fourth-order valence-electron chi connectivity index (χ4n) is 1.50. The fraction of sp³-hybridized carbons (Fsp3) is 0.429. The summed E-state index contributed by atoms with van der Waals surface area (Å²) in [6.07, 6.45) is -0.199. The first-order valence-electron chi connectivity index (χ1n) is 6.00. The Morgan fingerprint density at radius 1 is 1.35 bits per heavy atom. The quantitative estimate of drug-likeness (QED) is 0.852. The zero-order valence-corrected chi connectivity index (χ0v) is 13.4. The van der Waals surface area contributed by atoms with Crippen molar-refractivity contribution in [2.24, 2.45) is 0 Å². The van der Waals surface area contributed by atoms with Crippen LogP contribution in [0.4, 0.5) is 9.18 Å². The van der Waals surface area contributed by atoms with E-state index < -0.39 is 23.1 Å². The van der Waals surface area contributed by atoms with Gasteiger partial charge >= 0.3 is 6.09 Å². The molecular formula is C14H17BrFNO3. The summed E-state index contributed by atoms with van der Waals surface area (Å²) >= 11 is 3.03. The van der Waals surface area contributed by atoms with Crippen LogP contribution in [0.15, 0.2) is 22.7 Å². The van der Waals surface area contributed by atoms with Crippen LogP contribution in [0.2, 0.25) is 0 Å². The second kappa shape index (κ2) is 5.91. The van der Waals surface area contributed by atoms with Crippen LogP contribution < -0.4 is 5.32 Å². The minimum absolute atomic E-state index is 0.284. The van der Waals surface area contributed by atoms with Crippen molar-refractivity contribution < 1.29 is 18.7 Å². The molecule has 1 atom stereocenters. The number of ether oxygens (including phenoxy) is 1. The zero-order valence-electron chi connectivity index (χ0n) is 11.8. The van der Waals surface area contributed by atoms with E-state index in [2.05, 4.69) is 21.2 Å². The monoisotopic (exact) mass is 345 g/mol. The highest BCUT2D eigenvalue weighted by molar-refractivity contribution is 9.10. The van der Waals surface area contributed by atoms with E-state index in [1.165, 1.54) is 19.1 Å². The molecule has 110 valence electrons. The molecule has 6 heteroatoms. The summed E-state index contributed by atoms with van der Waals surface area (Å²) in [7, 11) is 0. The molecular weight excluding hydrogens is 329 g/mol. The molecule has 0 aliphatic carbocycles. The standard InChI is InChI=1S/C14H17BrFNO3/c1-13(2,3)20-12(19)17-14(4,8-18)9-5-6-10(15)11(16)7-9/h5-8H,1-4H3,(H,17,19). The van der Waals surface area contributed by atoms with E-state index >= 15 is 0 Å². The number of hydrogen-bond acceptors (Lipinski definition) is 3. The number of halogens is 2. The highest BCUT2D eigenvalue weighted by Gasteiger charge is 2.31. The van der Waals surface area contributed by atoms with Gasteiger partial charge in [0.1, 0.15) is 23.2 Å². The third-order valence-corrected chi connectivity index (χ3v) is 3.16. The number of alkyl carbamates (subject to hydrolysis) is 1. The second-order valence-electron chi connectivity index (χ2n) is 5.58. The van der Waals surface area contributed by atoms with Crippen molar-refractivity contribution in [3.05, 3.63) is 34.1 Å². The van der Waals surface area contributed by atoms with Crippen molar-refractivity contribution in [2.45, 2.75) is 38.8 Å². The van der Waals surface area contributed by atoms with Gasteiger partial charge in [0.05, 0.1) is 4.47 Å². The van der Waals surface area contributed by atoms with E-state index in [0.717, 1.165) is 0 Å². The van der Waals surface area contributed by atoms with Crippen LogP contribution in [0, 0.1) is 5.82 Å². The summed E-state index contributed by atoms with van der Waals surface area (Å²) in [5.74, 6) is -0.512. The number of carbonyl (C=O) groups excluding carboxylic acids is 2. The SMILES string of the molecule is CC(C)(C)OC(=O)NC(C)(C=O)c1ccc(Br)c(F)c1. The number of benzene rings is 1. The van der Waals surface area contributed by atoms with E-state index in [0.29, 0.717) is 11.8 Å². The third-order valence-electron chi connectivity index (χ3n) is 2.52. The van der Waals surface area contributed by atoms with Gasteiger partial charge in [-0.05, 0) is 61.3 Å². The van der Waals surface area contributed by atoms with E-state index in [1.54, 1.807) is 26.8 Å². The minimum atomic E-state index is -1.36. The van der Waals surface area contributed by atoms with Gasteiger partial charge in [-0.2, -0.15) is 0 Å². The molecule has 0 spiro atoms. The molecule has 1 N–H and O–H groups in total. The van der Waals surface area contributed by atoms with Gasteiger partial charge in [0.25, 0.3) is 0 Å². The molecule has 0 saturated heterocycles. The molecule has 0 heterocycles. The summed E-state index contributed by atoms with van der Waals surface area (Å²) in [6.45, 7) is 6.62.